The van der Waals surface area contributed by atoms with Crippen molar-refractivity contribution in [2.75, 3.05) is 6.54 Å². The maximum Gasteiger partial charge on any atom is 0.269 e. The zero-order chi connectivity index (χ0) is 13.5. The minimum Gasteiger partial charge on any atom is -0.314 e. The summed E-state index contributed by atoms with van der Waals surface area (Å²) >= 11 is 0. The molecule has 0 fully saturated rings. The molecule has 4 heteroatoms. The van der Waals surface area contributed by atoms with Crippen molar-refractivity contribution >= 4 is 5.69 Å². The standard InChI is InChI=1S/C14H22N2O2/c1-4-10-15-11(3)14(5-2)12-6-8-13(9-7-12)16(17)18/h6-9,11,14-15H,4-5,10H2,1-3H3. The van der Waals surface area contributed by atoms with Crippen molar-refractivity contribution in [1.29, 1.82) is 0 Å². The number of nitro groups is 1. The van der Waals surface area contributed by atoms with Crippen LogP contribution < -0.4 is 5.32 Å². The van der Waals surface area contributed by atoms with E-state index >= 15 is 0 Å². The van der Waals surface area contributed by atoms with Crippen molar-refractivity contribution in [3.63, 3.8) is 0 Å². The fourth-order valence-electron chi connectivity index (χ4n) is 2.24. The van der Waals surface area contributed by atoms with Crippen molar-refractivity contribution < 1.29 is 4.92 Å². The molecule has 1 N–H and O–H groups in total. The lowest BCUT2D eigenvalue weighted by atomic mass is 9.90. The number of hydrogen-bond donors (Lipinski definition) is 1. The summed E-state index contributed by atoms with van der Waals surface area (Å²) in [4.78, 5) is 10.3. The minimum atomic E-state index is -0.358. The smallest absolute Gasteiger partial charge is 0.269 e. The first kappa shape index (κ1) is 14.6. The van der Waals surface area contributed by atoms with E-state index in [2.05, 4.69) is 26.1 Å². The Hall–Kier alpha value is -1.42. The molecule has 0 aliphatic carbocycles. The van der Waals surface area contributed by atoms with Gasteiger partial charge in [0.15, 0.2) is 0 Å². The molecule has 0 radical (unpaired) electrons. The van der Waals surface area contributed by atoms with Crippen LogP contribution in [0, 0.1) is 10.1 Å². The van der Waals surface area contributed by atoms with Crippen molar-refractivity contribution in [2.24, 2.45) is 0 Å². The molecule has 1 aromatic carbocycles. The molecule has 18 heavy (non-hydrogen) atoms. The molecule has 0 bridgehead atoms. The lowest BCUT2D eigenvalue weighted by molar-refractivity contribution is -0.384. The van der Waals surface area contributed by atoms with E-state index in [-0.39, 0.29) is 10.6 Å². The van der Waals surface area contributed by atoms with E-state index < -0.39 is 0 Å². The number of non-ortho nitro benzene ring substituents is 1. The molecule has 1 rings (SSSR count). The summed E-state index contributed by atoms with van der Waals surface area (Å²) < 4.78 is 0. The molecule has 4 nitrogen and oxygen atoms in total. The Morgan fingerprint density at radius 1 is 1.28 bits per heavy atom. The number of nitrogens with one attached hydrogen (secondary N) is 1. The van der Waals surface area contributed by atoms with Gasteiger partial charge in [-0.3, -0.25) is 10.1 Å². The highest BCUT2D eigenvalue weighted by Crippen LogP contribution is 2.25. The maximum absolute atomic E-state index is 10.6. The molecular weight excluding hydrogens is 228 g/mol. The van der Waals surface area contributed by atoms with E-state index in [9.17, 15) is 10.1 Å². The molecular formula is C14H22N2O2. The van der Waals surface area contributed by atoms with Gasteiger partial charge in [0, 0.05) is 18.2 Å². The second-order valence-electron chi connectivity index (χ2n) is 4.61. The number of rotatable bonds is 7. The Balaban J connectivity index is 2.78. The molecule has 0 aliphatic heterocycles. The van der Waals surface area contributed by atoms with Crippen molar-refractivity contribution in [3.05, 3.63) is 39.9 Å². The normalized spacial score (nSPS) is 14.2. The molecule has 2 unspecified atom stereocenters. The Labute approximate surface area is 109 Å². The van der Waals surface area contributed by atoms with Gasteiger partial charge in [0.1, 0.15) is 0 Å². The summed E-state index contributed by atoms with van der Waals surface area (Å²) in [5, 5.41) is 14.1. The van der Waals surface area contributed by atoms with Gasteiger partial charge in [-0.2, -0.15) is 0 Å². The fourth-order valence-corrected chi connectivity index (χ4v) is 2.24. The molecule has 0 aromatic heterocycles. The van der Waals surface area contributed by atoms with Gasteiger partial charge in [-0.25, -0.2) is 0 Å². The summed E-state index contributed by atoms with van der Waals surface area (Å²) in [5.74, 6) is 0.400. The number of nitrogens with zero attached hydrogens (tertiary/aromatic N) is 1. The Morgan fingerprint density at radius 2 is 1.89 bits per heavy atom. The highest BCUT2D eigenvalue weighted by Gasteiger charge is 2.17. The van der Waals surface area contributed by atoms with E-state index in [1.54, 1.807) is 12.1 Å². The topological polar surface area (TPSA) is 55.2 Å². The summed E-state index contributed by atoms with van der Waals surface area (Å²) in [6.07, 6.45) is 2.14. The van der Waals surface area contributed by atoms with Gasteiger partial charge in [0.25, 0.3) is 5.69 Å². The molecule has 100 valence electrons. The second kappa shape index (κ2) is 7.11. The molecule has 0 saturated carbocycles. The zero-order valence-electron chi connectivity index (χ0n) is 11.3. The third-order valence-corrected chi connectivity index (χ3v) is 3.29. The number of benzene rings is 1. The van der Waals surface area contributed by atoms with Crippen LogP contribution in [-0.4, -0.2) is 17.5 Å². The van der Waals surface area contributed by atoms with E-state index in [0.29, 0.717) is 12.0 Å². The quantitative estimate of drug-likeness (QED) is 0.595. The highest BCUT2D eigenvalue weighted by molar-refractivity contribution is 5.34. The van der Waals surface area contributed by atoms with Gasteiger partial charge in [-0.15, -0.1) is 0 Å². The number of hydrogen-bond acceptors (Lipinski definition) is 3. The van der Waals surface area contributed by atoms with Gasteiger partial charge >= 0.3 is 0 Å². The SMILES string of the molecule is CCCNC(C)C(CC)c1ccc([N+](=O)[O-])cc1. The molecule has 2 atom stereocenters. The zero-order valence-corrected chi connectivity index (χ0v) is 11.3. The van der Waals surface area contributed by atoms with Gasteiger partial charge in [-0.05, 0) is 37.8 Å². The van der Waals surface area contributed by atoms with Gasteiger partial charge in [-0.1, -0.05) is 26.0 Å². The summed E-state index contributed by atoms with van der Waals surface area (Å²) in [6.45, 7) is 7.47. The van der Waals surface area contributed by atoms with E-state index in [1.807, 2.05) is 12.1 Å². The third kappa shape index (κ3) is 3.81. The first-order chi connectivity index (χ1) is 8.60. The van der Waals surface area contributed by atoms with E-state index in [4.69, 9.17) is 0 Å². The van der Waals surface area contributed by atoms with Crippen LogP contribution in [0.15, 0.2) is 24.3 Å². The van der Waals surface area contributed by atoms with E-state index in [0.717, 1.165) is 19.4 Å². The van der Waals surface area contributed by atoms with Gasteiger partial charge in [0.2, 0.25) is 0 Å². The van der Waals surface area contributed by atoms with Gasteiger partial charge in [0.05, 0.1) is 4.92 Å². The van der Waals surface area contributed by atoms with Crippen LogP contribution in [0.4, 0.5) is 5.69 Å². The van der Waals surface area contributed by atoms with Crippen LogP contribution in [0.5, 0.6) is 0 Å². The van der Waals surface area contributed by atoms with Crippen LogP contribution in [-0.2, 0) is 0 Å². The molecule has 0 saturated heterocycles. The average molecular weight is 250 g/mol. The maximum atomic E-state index is 10.6. The molecule has 0 heterocycles. The number of nitro benzene ring substituents is 1. The first-order valence-corrected chi connectivity index (χ1v) is 6.57. The summed E-state index contributed by atoms with van der Waals surface area (Å²) in [7, 11) is 0. The summed E-state index contributed by atoms with van der Waals surface area (Å²) in [5.41, 5.74) is 1.32. The molecule has 0 aliphatic rings. The predicted octanol–water partition coefficient (Wildman–Crippen LogP) is 3.48. The lowest BCUT2D eigenvalue weighted by Crippen LogP contribution is -2.32. The molecule has 0 spiro atoms. The molecule has 1 aromatic rings. The van der Waals surface area contributed by atoms with Crippen LogP contribution >= 0.6 is 0 Å². The van der Waals surface area contributed by atoms with E-state index in [1.165, 1.54) is 5.56 Å². The Kier molecular flexibility index (Phi) is 5.78. The Bertz CT molecular complexity index is 376. The fraction of sp³-hybridized carbons (Fsp3) is 0.571. The van der Waals surface area contributed by atoms with Crippen LogP contribution in [0.25, 0.3) is 0 Å². The van der Waals surface area contributed by atoms with Crippen LogP contribution in [0.3, 0.4) is 0 Å². The van der Waals surface area contributed by atoms with Crippen molar-refractivity contribution in [1.82, 2.24) is 5.32 Å². The highest BCUT2D eigenvalue weighted by atomic mass is 16.6. The van der Waals surface area contributed by atoms with Crippen molar-refractivity contribution in [2.45, 2.75) is 45.6 Å². The van der Waals surface area contributed by atoms with Gasteiger partial charge < -0.3 is 5.32 Å². The third-order valence-electron chi connectivity index (χ3n) is 3.29. The van der Waals surface area contributed by atoms with Crippen LogP contribution in [0.1, 0.15) is 45.1 Å². The second-order valence-corrected chi connectivity index (χ2v) is 4.61. The monoisotopic (exact) mass is 250 g/mol. The van der Waals surface area contributed by atoms with Crippen LogP contribution in [0.2, 0.25) is 0 Å². The first-order valence-electron chi connectivity index (χ1n) is 6.57. The summed E-state index contributed by atoms with van der Waals surface area (Å²) in [6, 6.07) is 7.30. The minimum absolute atomic E-state index is 0.155. The Morgan fingerprint density at radius 3 is 2.33 bits per heavy atom. The molecule has 0 amide bonds. The predicted molar refractivity (Wildman–Crippen MR) is 73.9 cm³/mol. The lowest BCUT2D eigenvalue weighted by Gasteiger charge is -2.24. The average Bonchev–Trinajstić information content (AvgIpc) is 2.37. The largest absolute Gasteiger partial charge is 0.314 e. The van der Waals surface area contributed by atoms with Crippen molar-refractivity contribution in [3.8, 4) is 0 Å².